The fourth-order valence-corrected chi connectivity index (χ4v) is 2.60. The third kappa shape index (κ3) is 2.90. The number of aromatic nitrogens is 2. The molecule has 2 unspecified atom stereocenters. The van der Waals surface area contributed by atoms with E-state index in [1.54, 1.807) is 0 Å². The van der Waals surface area contributed by atoms with Crippen LogP contribution in [0.4, 0.5) is 0 Å². The lowest BCUT2D eigenvalue weighted by Gasteiger charge is -2.21. The lowest BCUT2D eigenvalue weighted by Crippen LogP contribution is -2.34. The van der Waals surface area contributed by atoms with Crippen LogP contribution in [-0.2, 0) is 11.3 Å². The molecule has 5 heteroatoms. The van der Waals surface area contributed by atoms with Crippen molar-refractivity contribution in [3.63, 3.8) is 0 Å². The quantitative estimate of drug-likeness (QED) is 0.858. The molecule has 100 valence electrons. The van der Waals surface area contributed by atoms with E-state index in [0.717, 1.165) is 18.5 Å². The van der Waals surface area contributed by atoms with Crippen LogP contribution >= 0.6 is 0 Å². The Morgan fingerprint density at radius 1 is 1.61 bits per heavy atom. The number of amides is 1. The minimum Gasteiger partial charge on any atom is -0.340 e. The standard InChI is InChI=1S/C13H22N4O/c1-10-7-15-16(8-10)4-3-13(18)17-9-12(6-14)5-11(17)2/h7-8,11-12H,3-6,9,14H2,1-2H3. The van der Waals surface area contributed by atoms with E-state index in [1.165, 1.54) is 0 Å². The largest absolute Gasteiger partial charge is 0.340 e. The van der Waals surface area contributed by atoms with E-state index in [4.69, 9.17) is 5.73 Å². The van der Waals surface area contributed by atoms with E-state index in [-0.39, 0.29) is 5.91 Å². The first-order valence-electron chi connectivity index (χ1n) is 6.58. The molecule has 1 saturated heterocycles. The van der Waals surface area contributed by atoms with Gasteiger partial charge in [-0.3, -0.25) is 9.48 Å². The zero-order valence-electron chi connectivity index (χ0n) is 11.2. The summed E-state index contributed by atoms with van der Waals surface area (Å²) in [7, 11) is 0. The minimum atomic E-state index is 0.214. The van der Waals surface area contributed by atoms with Crippen molar-refractivity contribution < 1.29 is 4.79 Å². The molecule has 2 rings (SSSR count). The molecule has 0 saturated carbocycles. The van der Waals surface area contributed by atoms with Crippen molar-refractivity contribution in [1.29, 1.82) is 0 Å². The van der Waals surface area contributed by atoms with E-state index in [2.05, 4.69) is 12.0 Å². The molecule has 1 amide bonds. The molecule has 0 aromatic carbocycles. The van der Waals surface area contributed by atoms with Crippen LogP contribution in [0.1, 0.15) is 25.3 Å². The van der Waals surface area contributed by atoms with Crippen molar-refractivity contribution >= 4 is 5.91 Å². The zero-order valence-corrected chi connectivity index (χ0v) is 11.2. The predicted molar refractivity (Wildman–Crippen MR) is 69.9 cm³/mol. The Labute approximate surface area is 108 Å². The predicted octanol–water partition coefficient (Wildman–Crippen LogP) is 0.777. The van der Waals surface area contributed by atoms with Crippen molar-refractivity contribution in [3.05, 3.63) is 18.0 Å². The van der Waals surface area contributed by atoms with Crippen LogP contribution in [0.15, 0.2) is 12.4 Å². The Morgan fingerprint density at radius 3 is 2.94 bits per heavy atom. The highest BCUT2D eigenvalue weighted by atomic mass is 16.2. The van der Waals surface area contributed by atoms with Crippen LogP contribution in [0, 0.1) is 12.8 Å². The van der Waals surface area contributed by atoms with Gasteiger partial charge in [-0.25, -0.2) is 0 Å². The van der Waals surface area contributed by atoms with Crippen molar-refractivity contribution in [2.24, 2.45) is 11.7 Å². The van der Waals surface area contributed by atoms with Gasteiger partial charge in [0, 0.05) is 31.7 Å². The fraction of sp³-hybridized carbons (Fsp3) is 0.692. The van der Waals surface area contributed by atoms with Gasteiger partial charge in [0.05, 0.1) is 6.20 Å². The number of nitrogens with zero attached hydrogens (tertiary/aromatic N) is 3. The number of carbonyl (C=O) groups is 1. The third-order valence-corrected chi connectivity index (χ3v) is 3.63. The second kappa shape index (κ2) is 5.52. The van der Waals surface area contributed by atoms with Crippen LogP contribution < -0.4 is 5.73 Å². The molecule has 0 radical (unpaired) electrons. The number of likely N-dealkylation sites (tertiary alicyclic amines) is 1. The second-order valence-corrected chi connectivity index (χ2v) is 5.26. The summed E-state index contributed by atoms with van der Waals surface area (Å²) in [4.78, 5) is 14.1. The molecule has 1 aromatic heterocycles. The molecule has 18 heavy (non-hydrogen) atoms. The maximum absolute atomic E-state index is 12.1. The van der Waals surface area contributed by atoms with Gasteiger partial charge in [0.2, 0.25) is 5.91 Å². The van der Waals surface area contributed by atoms with E-state index < -0.39 is 0 Å². The van der Waals surface area contributed by atoms with Gasteiger partial charge in [0.25, 0.3) is 0 Å². The maximum Gasteiger partial charge on any atom is 0.224 e. The molecule has 0 aliphatic carbocycles. The molecule has 2 atom stereocenters. The smallest absolute Gasteiger partial charge is 0.224 e. The van der Waals surface area contributed by atoms with Crippen LogP contribution in [0.5, 0.6) is 0 Å². The summed E-state index contributed by atoms with van der Waals surface area (Å²) in [5.74, 6) is 0.683. The summed E-state index contributed by atoms with van der Waals surface area (Å²) >= 11 is 0. The van der Waals surface area contributed by atoms with Crippen LogP contribution in [0.2, 0.25) is 0 Å². The van der Waals surface area contributed by atoms with Crippen molar-refractivity contribution in [1.82, 2.24) is 14.7 Å². The molecule has 2 heterocycles. The Morgan fingerprint density at radius 2 is 2.39 bits per heavy atom. The summed E-state index contributed by atoms with van der Waals surface area (Å²) in [5, 5.41) is 4.19. The molecular weight excluding hydrogens is 228 g/mol. The first-order valence-corrected chi connectivity index (χ1v) is 6.58. The van der Waals surface area contributed by atoms with Crippen LogP contribution in [0.25, 0.3) is 0 Å². The van der Waals surface area contributed by atoms with Crippen molar-refractivity contribution in [2.45, 2.75) is 39.3 Å². The highest BCUT2D eigenvalue weighted by Crippen LogP contribution is 2.22. The summed E-state index contributed by atoms with van der Waals surface area (Å²) in [5.41, 5.74) is 6.80. The fourth-order valence-electron chi connectivity index (χ4n) is 2.60. The van der Waals surface area contributed by atoms with Crippen LogP contribution in [-0.4, -0.2) is 39.7 Å². The molecule has 5 nitrogen and oxygen atoms in total. The van der Waals surface area contributed by atoms with Crippen molar-refractivity contribution in [2.75, 3.05) is 13.1 Å². The van der Waals surface area contributed by atoms with E-state index in [9.17, 15) is 4.79 Å². The number of rotatable bonds is 4. The number of nitrogens with two attached hydrogens (primary N) is 1. The first kappa shape index (κ1) is 13.1. The molecule has 1 aromatic rings. The second-order valence-electron chi connectivity index (χ2n) is 5.26. The van der Waals surface area contributed by atoms with Gasteiger partial charge < -0.3 is 10.6 Å². The summed E-state index contributed by atoms with van der Waals surface area (Å²) in [6, 6.07) is 0.324. The number of hydrogen-bond donors (Lipinski definition) is 1. The number of carbonyl (C=O) groups excluding carboxylic acids is 1. The van der Waals surface area contributed by atoms with E-state index in [0.29, 0.717) is 31.5 Å². The molecule has 2 N–H and O–H groups in total. The monoisotopic (exact) mass is 250 g/mol. The molecule has 0 bridgehead atoms. The van der Waals surface area contributed by atoms with Gasteiger partial charge in [-0.1, -0.05) is 0 Å². The van der Waals surface area contributed by atoms with Gasteiger partial charge in [0.1, 0.15) is 0 Å². The minimum absolute atomic E-state index is 0.214. The molecule has 1 fully saturated rings. The number of aryl methyl sites for hydroxylation is 2. The molecule has 1 aliphatic heterocycles. The normalized spacial score (nSPS) is 23.6. The van der Waals surface area contributed by atoms with Gasteiger partial charge in [-0.05, 0) is 38.3 Å². The Bertz CT molecular complexity index is 415. The summed E-state index contributed by atoms with van der Waals surface area (Å²) in [6.45, 7) is 6.25. The zero-order chi connectivity index (χ0) is 13.1. The Balaban J connectivity index is 1.85. The highest BCUT2D eigenvalue weighted by Gasteiger charge is 2.31. The van der Waals surface area contributed by atoms with E-state index >= 15 is 0 Å². The first-order chi connectivity index (χ1) is 8.60. The van der Waals surface area contributed by atoms with Gasteiger partial charge >= 0.3 is 0 Å². The Kier molecular flexibility index (Phi) is 4.01. The maximum atomic E-state index is 12.1. The van der Waals surface area contributed by atoms with Gasteiger partial charge in [-0.2, -0.15) is 5.10 Å². The highest BCUT2D eigenvalue weighted by molar-refractivity contribution is 5.76. The lowest BCUT2D eigenvalue weighted by molar-refractivity contribution is -0.132. The molecular formula is C13H22N4O. The topological polar surface area (TPSA) is 64.2 Å². The molecule has 0 spiro atoms. The average molecular weight is 250 g/mol. The molecule has 1 aliphatic rings. The third-order valence-electron chi connectivity index (χ3n) is 3.63. The SMILES string of the molecule is Cc1cnn(CCC(=O)N2CC(CN)CC2C)c1. The lowest BCUT2D eigenvalue weighted by atomic mass is 10.1. The van der Waals surface area contributed by atoms with E-state index in [1.807, 2.05) is 28.9 Å². The van der Waals surface area contributed by atoms with Crippen LogP contribution in [0.3, 0.4) is 0 Å². The Hall–Kier alpha value is -1.36. The van der Waals surface area contributed by atoms with Gasteiger partial charge in [0.15, 0.2) is 0 Å². The summed E-state index contributed by atoms with van der Waals surface area (Å²) in [6.07, 6.45) is 5.32. The average Bonchev–Trinajstić information content (AvgIpc) is 2.92. The summed E-state index contributed by atoms with van der Waals surface area (Å²) < 4.78 is 1.83. The number of hydrogen-bond acceptors (Lipinski definition) is 3. The van der Waals surface area contributed by atoms with Gasteiger partial charge in [-0.15, -0.1) is 0 Å². The van der Waals surface area contributed by atoms with Crippen molar-refractivity contribution in [3.8, 4) is 0 Å².